The van der Waals surface area contributed by atoms with Gasteiger partial charge in [-0.25, -0.2) is 13.8 Å². The molecule has 17 heavy (non-hydrogen) atoms. The second-order valence-electron chi connectivity index (χ2n) is 3.23. The molecule has 1 aromatic heterocycles. The summed E-state index contributed by atoms with van der Waals surface area (Å²) in [6.07, 6.45) is -1.35. The number of hydrogen-bond acceptors (Lipinski definition) is 4. The van der Waals surface area contributed by atoms with Gasteiger partial charge in [0, 0.05) is 6.54 Å². The highest BCUT2D eigenvalue weighted by atomic mass is 19.3. The fourth-order valence-corrected chi connectivity index (χ4v) is 0.923. The number of hydrogen-bond donors (Lipinski definition) is 1. The van der Waals surface area contributed by atoms with Gasteiger partial charge in [0.15, 0.2) is 6.61 Å². The molecule has 0 unspecified atom stereocenters. The van der Waals surface area contributed by atoms with Crippen LogP contribution in [0, 0.1) is 0 Å². The van der Waals surface area contributed by atoms with Gasteiger partial charge in [-0.3, -0.25) is 4.98 Å². The highest BCUT2D eigenvalue weighted by Gasteiger charge is 2.41. The maximum atomic E-state index is 12.5. The van der Waals surface area contributed by atoms with Crippen molar-refractivity contribution in [2.24, 2.45) is 0 Å². The Bertz CT molecular complexity index is 345. The van der Waals surface area contributed by atoms with E-state index in [1.807, 2.05) is 0 Å². The topological polar surface area (TPSA) is 47.0 Å². The molecule has 0 bridgehead atoms. The van der Waals surface area contributed by atoms with Crippen LogP contribution in [0.3, 0.4) is 0 Å². The number of ether oxygens (including phenoxy) is 1. The first-order chi connectivity index (χ1) is 7.95. The standard InChI is InChI=1S/C9H11F4N3O/c1-14-2-6-3-16-7(4-15-6)17-5-9(12,13)8(10)11/h3-4,8,14H,2,5H2,1H3. The van der Waals surface area contributed by atoms with Crippen LogP contribution >= 0.6 is 0 Å². The minimum absolute atomic E-state index is 0.217. The zero-order chi connectivity index (χ0) is 12.9. The number of rotatable bonds is 6. The number of nitrogens with zero attached hydrogens (tertiary/aromatic N) is 2. The van der Waals surface area contributed by atoms with Crippen molar-refractivity contribution in [3.05, 3.63) is 18.1 Å². The van der Waals surface area contributed by atoms with E-state index in [1.165, 1.54) is 6.20 Å². The molecular weight excluding hydrogens is 242 g/mol. The molecule has 0 spiro atoms. The molecule has 0 saturated heterocycles. The molecule has 0 fully saturated rings. The normalized spacial score (nSPS) is 11.9. The summed E-state index contributed by atoms with van der Waals surface area (Å²) in [7, 11) is 1.70. The quantitative estimate of drug-likeness (QED) is 0.780. The maximum absolute atomic E-state index is 12.5. The first kappa shape index (κ1) is 13.6. The van der Waals surface area contributed by atoms with Gasteiger partial charge in [0.05, 0.1) is 18.1 Å². The molecule has 0 amide bonds. The Labute approximate surface area is 95.0 Å². The first-order valence-corrected chi connectivity index (χ1v) is 4.70. The van der Waals surface area contributed by atoms with Crippen molar-refractivity contribution < 1.29 is 22.3 Å². The fraction of sp³-hybridized carbons (Fsp3) is 0.556. The lowest BCUT2D eigenvalue weighted by molar-refractivity contribution is -0.148. The Hall–Kier alpha value is -1.44. The van der Waals surface area contributed by atoms with Crippen molar-refractivity contribution in [2.75, 3.05) is 13.7 Å². The summed E-state index contributed by atoms with van der Waals surface area (Å²) < 4.78 is 53.1. The summed E-state index contributed by atoms with van der Waals surface area (Å²) in [6, 6.07) is 0. The van der Waals surface area contributed by atoms with Gasteiger partial charge in [-0.05, 0) is 7.05 Å². The lowest BCUT2D eigenvalue weighted by Gasteiger charge is -2.15. The second-order valence-corrected chi connectivity index (χ2v) is 3.23. The number of alkyl halides is 4. The lowest BCUT2D eigenvalue weighted by atomic mass is 10.4. The van der Waals surface area contributed by atoms with E-state index in [1.54, 1.807) is 7.05 Å². The van der Waals surface area contributed by atoms with Crippen LogP contribution in [-0.4, -0.2) is 36.0 Å². The van der Waals surface area contributed by atoms with Gasteiger partial charge in [-0.2, -0.15) is 8.78 Å². The average molecular weight is 253 g/mol. The molecule has 1 heterocycles. The summed E-state index contributed by atoms with van der Waals surface area (Å²) in [5, 5.41) is 2.81. The van der Waals surface area contributed by atoms with Crippen LogP contribution in [0.25, 0.3) is 0 Å². The van der Waals surface area contributed by atoms with Gasteiger partial charge in [0.1, 0.15) is 0 Å². The van der Waals surface area contributed by atoms with Gasteiger partial charge in [0.25, 0.3) is 0 Å². The largest absolute Gasteiger partial charge is 0.470 e. The third-order valence-corrected chi connectivity index (χ3v) is 1.77. The van der Waals surface area contributed by atoms with Crippen molar-refractivity contribution in [1.82, 2.24) is 15.3 Å². The summed E-state index contributed by atoms with van der Waals surface area (Å²) in [6.45, 7) is -0.967. The highest BCUT2D eigenvalue weighted by molar-refractivity contribution is 5.07. The molecular formula is C9H11F4N3O. The third-order valence-electron chi connectivity index (χ3n) is 1.77. The Morgan fingerprint density at radius 1 is 1.35 bits per heavy atom. The van der Waals surface area contributed by atoms with E-state index in [0.717, 1.165) is 6.20 Å². The van der Waals surface area contributed by atoms with Crippen molar-refractivity contribution in [2.45, 2.75) is 18.9 Å². The first-order valence-electron chi connectivity index (χ1n) is 4.70. The van der Waals surface area contributed by atoms with E-state index in [-0.39, 0.29) is 5.88 Å². The molecule has 0 atom stereocenters. The number of aromatic nitrogens is 2. The summed E-state index contributed by atoms with van der Waals surface area (Å²) in [5.74, 6) is -4.41. The van der Waals surface area contributed by atoms with E-state index in [0.29, 0.717) is 12.2 Å². The minimum atomic E-state index is -4.19. The SMILES string of the molecule is CNCc1cnc(OCC(F)(F)C(F)F)cn1. The molecule has 4 nitrogen and oxygen atoms in total. The van der Waals surface area contributed by atoms with Crippen molar-refractivity contribution in [1.29, 1.82) is 0 Å². The highest BCUT2D eigenvalue weighted by Crippen LogP contribution is 2.23. The van der Waals surface area contributed by atoms with E-state index < -0.39 is 19.0 Å². The second kappa shape index (κ2) is 5.76. The Kier molecular flexibility index (Phi) is 4.62. The predicted molar refractivity (Wildman–Crippen MR) is 51.2 cm³/mol. The van der Waals surface area contributed by atoms with E-state index >= 15 is 0 Å². The van der Waals surface area contributed by atoms with Crippen LogP contribution < -0.4 is 10.1 Å². The molecule has 96 valence electrons. The zero-order valence-electron chi connectivity index (χ0n) is 8.96. The Balaban J connectivity index is 2.52. The molecule has 1 aromatic rings. The molecule has 0 aliphatic carbocycles. The minimum Gasteiger partial charge on any atom is -0.470 e. The number of halogens is 4. The van der Waals surface area contributed by atoms with Crippen molar-refractivity contribution in [3.63, 3.8) is 0 Å². The zero-order valence-corrected chi connectivity index (χ0v) is 8.96. The maximum Gasteiger partial charge on any atom is 0.340 e. The van der Waals surface area contributed by atoms with Crippen LogP contribution in [0.1, 0.15) is 5.69 Å². The summed E-state index contributed by atoms with van der Waals surface area (Å²) >= 11 is 0. The van der Waals surface area contributed by atoms with E-state index in [2.05, 4.69) is 20.0 Å². The predicted octanol–water partition coefficient (Wildman–Crippen LogP) is 1.48. The molecule has 8 heteroatoms. The van der Waals surface area contributed by atoms with Gasteiger partial charge in [-0.15, -0.1) is 0 Å². The van der Waals surface area contributed by atoms with Gasteiger partial charge < -0.3 is 10.1 Å². The van der Waals surface area contributed by atoms with Crippen LogP contribution in [-0.2, 0) is 6.54 Å². The monoisotopic (exact) mass is 253 g/mol. The fourth-order valence-electron chi connectivity index (χ4n) is 0.923. The molecule has 0 aromatic carbocycles. The van der Waals surface area contributed by atoms with Gasteiger partial charge in [0.2, 0.25) is 5.88 Å². The van der Waals surface area contributed by atoms with Crippen molar-refractivity contribution >= 4 is 0 Å². The summed E-state index contributed by atoms with van der Waals surface area (Å²) in [4.78, 5) is 7.49. The molecule has 0 saturated carbocycles. The molecule has 0 radical (unpaired) electrons. The average Bonchev–Trinajstić information content (AvgIpc) is 2.28. The van der Waals surface area contributed by atoms with Crippen LogP contribution in [0.5, 0.6) is 5.88 Å². The summed E-state index contributed by atoms with van der Waals surface area (Å²) in [5.41, 5.74) is 0.584. The number of nitrogens with one attached hydrogen (secondary N) is 1. The van der Waals surface area contributed by atoms with E-state index in [9.17, 15) is 17.6 Å². The van der Waals surface area contributed by atoms with E-state index in [4.69, 9.17) is 0 Å². The molecule has 0 aliphatic rings. The Morgan fingerprint density at radius 2 is 2.06 bits per heavy atom. The molecule has 1 N–H and O–H groups in total. The lowest BCUT2D eigenvalue weighted by Crippen LogP contribution is -2.33. The third kappa shape index (κ3) is 4.14. The van der Waals surface area contributed by atoms with Crippen LogP contribution in [0.4, 0.5) is 17.6 Å². The molecule has 1 rings (SSSR count). The smallest absolute Gasteiger partial charge is 0.340 e. The van der Waals surface area contributed by atoms with Gasteiger partial charge >= 0.3 is 12.3 Å². The van der Waals surface area contributed by atoms with Crippen LogP contribution in [0.15, 0.2) is 12.4 Å². The van der Waals surface area contributed by atoms with Crippen molar-refractivity contribution in [3.8, 4) is 5.88 Å². The molecule has 0 aliphatic heterocycles. The van der Waals surface area contributed by atoms with Gasteiger partial charge in [-0.1, -0.05) is 0 Å². The Morgan fingerprint density at radius 3 is 2.53 bits per heavy atom. The van der Waals surface area contributed by atoms with Crippen LogP contribution in [0.2, 0.25) is 0 Å².